The highest BCUT2D eigenvalue weighted by Gasteiger charge is 2.32. The van der Waals surface area contributed by atoms with E-state index < -0.39 is 12.3 Å². The molecule has 38 heavy (non-hydrogen) atoms. The summed E-state index contributed by atoms with van der Waals surface area (Å²) in [6, 6.07) is 25.5. The first-order valence-corrected chi connectivity index (χ1v) is 13.8. The fraction of sp³-hybridized carbons (Fsp3) is 0.333. The Labute approximate surface area is 227 Å². The first kappa shape index (κ1) is 27.9. The molecule has 0 aromatic heterocycles. The number of carboxylic acid groups (broad SMARTS) is 1. The smallest absolute Gasteiger partial charge is 0.303 e. The minimum Gasteiger partial charge on any atom is -0.481 e. The maximum atomic E-state index is 12.2. The summed E-state index contributed by atoms with van der Waals surface area (Å²) in [4.78, 5) is 24.0. The molecule has 1 aliphatic rings. The average Bonchev–Trinajstić information content (AvgIpc) is 2.95. The zero-order valence-corrected chi connectivity index (χ0v) is 21.9. The number of nitrogens with one attached hydrogen (secondary N) is 1. The summed E-state index contributed by atoms with van der Waals surface area (Å²) in [5, 5.41) is 21.0. The van der Waals surface area contributed by atoms with Gasteiger partial charge in [-0.2, -0.15) is 0 Å². The second-order valence-electron chi connectivity index (χ2n) is 9.25. The third-order valence-electron chi connectivity index (χ3n) is 6.31. The Kier molecular flexibility index (Phi) is 10.3. The van der Waals surface area contributed by atoms with Crippen molar-refractivity contribution in [2.45, 2.75) is 62.1 Å². The number of ether oxygens (including phenoxy) is 2. The van der Waals surface area contributed by atoms with E-state index in [0.29, 0.717) is 24.9 Å². The van der Waals surface area contributed by atoms with Crippen molar-refractivity contribution in [1.29, 1.82) is 0 Å². The minimum atomic E-state index is -0.849. The van der Waals surface area contributed by atoms with E-state index in [2.05, 4.69) is 17.4 Å². The van der Waals surface area contributed by atoms with E-state index in [1.54, 1.807) is 11.8 Å². The number of aliphatic hydroxyl groups excluding tert-OH is 1. The van der Waals surface area contributed by atoms with Crippen LogP contribution in [0.4, 0.5) is 5.69 Å². The molecule has 0 radical (unpaired) electrons. The molecule has 1 saturated heterocycles. The van der Waals surface area contributed by atoms with Crippen LogP contribution in [0.5, 0.6) is 0 Å². The first-order chi connectivity index (χ1) is 18.5. The molecule has 200 valence electrons. The van der Waals surface area contributed by atoms with Crippen molar-refractivity contribution in [3.63, 3.8) is 0 Å². The van der Waals surface area contributed by atoms with Crippen molar-refractivity contribution >= 4 is 29.3 Å². The zero-order valence-electron chi connectivity index (χ0n) is 21.1. The molecular weight excluding hydrogens is 502 g/mol. The van der Waals surface area contributed by atoms with Crippen LogP contribution in [0, 0.1) is 0 Å². The van der Waals surface area contributed by atoms with E-state index >= 15 is 0 Å². The Hall–Kier alpha value is -3.17. The molecule has 0 spiro atoms. The van der Waals surface area contributed by atoms with Crippen LogP contribution in [0.2, 0.25) is 0 Å². The number of rotatable bonds is 12. The molecule has 4 rings (SSSR count). The number of hydrogen-bond donors (Lipinski definition) is 3. The van der Waals surface area contributed by atoms with Crippen molar-refractivity contribution in [3.05, 3.63) is 95.6 Å². The number of anilines is 1. The predicted octanol–water partition coefficient (Wildman–Crippen LogP) is 6.10. The quantitative estimate of drug-likeness (QED) is 0.190. The summed E-state index contributed by atoms with van der Waals surface area (Å²) in [6.07, 6.45) is 1.31. The average molecular weight is 536 g/mol. The molecule has 3 N–H and O–H groups in total. The van der Waals surface area contributed by atoms with Gasteiger partial charge in [-0.1, -0.05) is 54.6 Å². The first-order valence-electron chi connectivity index (χ1n) is 12.8. The number of carbonyl (C=O) groups is 2. The van der Waals surface area contributed by atoms with Gasteiger partial charge in [0.2, 0.25) is 5.91 Å². The minimum absolute atomic E-state index is 0.000891. The van der Waals surface area contributed by atoms with E-state index in [-0.39, 0.29) is 37.6 Å². The SMILES string of the molecule is O=C(O)CCCCC(=O)Nc1ccc([C@H]2O[C@@H](CSc3ccccc3)C[C@@H](c3ccc(CO)cc3)O2)cc1. The van der Waals surface area contributed by atoms with Crippen LogP contribution in [0.15, 0.2) is 83.8 Å². The molecule has 0 aliphatic carbocycles. The number of amides is 1. The van der Waals surface area contributed by atoms with Gasteiger partial charge >= 0.3 is 5.97 Å². The Balaban J connectivity index is 1.41. The Morgan fingerprint density at radius 1 is 0.868 bits per heavy atom. The summed E-state index contributed by atoms with van der Waals surface area (Å²) in [7, 11) is 0. The second-order valence-corrected chi connectivity index (χ2v) is 10.3. The van der Waals surface area contributed by atoms with Crippen LogP contribution in [0.3, 0.4) is 0 Å². The third kappa shape index (κ3) is 8.43. The van der Waals surface area contributed by atoms with Gasteiger partial charge < -0.3 is 25.0 Å². The van der Waals surface area contributed by atoms with Gasteiger partial charge in [0.05, 0.1) is 18.8 Å². The normalized spacial score (nSPS) is 19.1. The summed E-state index contributed by atoms with van der Waals surface area (Å²) < 4.78 is 12.8. The molecule has 1 fully saturated rings. The van der Waals surface area contributed by atoms with Gasteiger partial charge in [0.25, 0.3) is 0 Å². The molecule has 7 nitrogen and oxygen atoms in total. The molecule has 1 aliphatic heterocycles. The predicted molar refractivity (Wildman–Crippen MR) is 147 cm³/mol. The monoisotopic (exact) mass is 535 g/mol. The molecule has 8 heteroatoms. The fourth-order valence-electron chi connectivity index (χ4n) is 4.24. The third-order valence-corrected chi connectivity index (χ3v) is 7.45. The summed E-state index contributed by atoms with van der Waals surface area (Å²) in [6.45, 7) is -0.000891. The van der Waals surface area contributed by atoms with Crippen LogP contribution < -0.4 is 5.32 Å². The Morgan fingerprint density at radius 2 is 1.55 bits per heavy atom. The molecule has 3 aromatic carbocycles. The zero-order chi connectivity index (χ0) is 26.7. The lowest BCUT2D eigenvalue weighted by Gasteiger charge is -2.36. The lowest BCUT2D eigenvalue weighted by atomic mass is 10.0. The number of aliphatic hydroxyl groups is 1. The van der Waals surface area contributed by atoms with Crippen LogP contribution in [-0.4, -0.2) is 33.9 Å². The Morgan fingerprint density at radius 3 is 2.24 bits per heavy atom. The lowest BCUT2D eigenvalue weighted by Crippen LogP contribution is -2.31. The molecule has 0 unspecified atom stereocenters. The highest BCUT2D eigenvalue weighted by atomic mass is 32.2. The van der Waals surface area contributed by atoms with E-state index in [4.69, 9.17) is 14.6 Å². The van der Waals surface area contributed by atoms with E-state index in [1.165, 1.54) is 4.90 Å². The van der Waals surface area contributed by atoms with E-state index in [0.717, 1.165) is 22.4 Å². The largest absolute Gasteiger partial charge is 0.481 e. The molecule has 1 heterocycles. The van der Waals surface area contributed by atoms with Gasteiger partial charge in [-0.15, -0.1) is 11.8 Å². The van der Waals surface area contributed by atoms with E-state index in [9.17, 15) is 14.7 Å². The summed E-state index contributed by atoms with van der Waals surface area (Å²) in [5.74, 6) is -0.207. The van der Waals surface area contributed by atoms with Gasteiger partial charge in [0.15, 0.2) is 6.29 Å². The maximum absolute atomic E-state index is 12.2. The van der Waals surface area contributed by atoms with Gasteiger partial charge in [0.1, 0.15) is 0 Å². The number of aliphatic carboxylic acids is 1. The van der Waals surface area contributed by atoms with Crippen molar-refractivity contribution in [1.82, 2.24) is 0 Å². The van der Waals surface area contributed by atoms with Crippen molar-refractivity contribution in [3.8, 4) is 0 Å². The topological polar surface area (TPSA) is 105 Å². The molecule has 1 amide bonds. The van der Waals surface area contributed by atoms with Gasteiger partial charge in [-0.3, -0.25) is 9.59 Å². The van der Waals surface area contributed by atoms with Gasteiger partial charge in [-0.25, -0.2) is 0 Å². The maximum Gasteiger partial charge on any atom is 0.303 e. The number of carboxylic acids is 1. The Bertz CT molecular complexity index is 1170. The number of hydrogen-bond acceptors (Lipinski definition) is 6. The van der Waals surface area contributed by atoms with Crippen LogP contribution >= 0.6 is 11.8 Å². The van der Waals surface area contributed by atoms with Crippen molar-refractivity contribution in [2.75, 3.05) is 11.1 Å². The van der Waals surface area contributed by atoms with Gasteiger partial charge in [-0.05, 0) is 48.2 Å². The lowest BCUT2D eigenvalue weighted by molar-refractivity contribution is -0.245. The number of unbranched alkanes of at least 4 members (excludes halogenated alkanes) is 1. The van der Waals surface area contributed by atoms with E-state index in [1.807, 2.05) is 66.7 Å². The van der Waals surface area contributed by atoms with Gasteiger partial charge in [0, 0.05) is 41.2 Å². The van der Waals surface area contributed by atoms with Crippen LogP contribution in [0.1, 0.15) is 61.2 Å². The number of benzene rings is 3. The number of carbonyl (C=O) groups excluding carboxylic acids is 1. The molecule has 0 saturated carbocycles. The molecule has 0 bridgehead atoms. The molecule has 3 aromatic rings. The van der Waals surface area contributed by atoms with Crippen molar-refractivity contribution < 1.29 is 29.3 Å². The molecule has 3 atom stereocenters. The summed E-state index contributed by atoms with van der Waals surface area (Å²) in [5.41, 5.74) is 3.42. The fourth-order valence-corrected chi connectivity index (χ4v) is 5.18. The highest BCUT2D eigenvalue weighted by molar-refractivity contribution is 7.99. The summed E-state index contributed by atoms with van der Waals surface area (Å²) >= 11 is 1.75. The standard InChI is InChI=1S/C30H33NO6S/c32-19-21-10-12-22(13-11-21)27-18-25(20-38-26-6-2-1-3-7-26)36-30(37-27)23-14-16-24(17-15-23)31-28(33)8-4-5-9-29(34)35/h1-3,6-7,10-17,25,27,30,32H,4-5,8-9,18-20H2,(H,31,33)(H,34,35)/t25-,27+,30+/m1/s1. The van der Waals surface area contributed by atoms with Crippen LogP contribution in [-0.2, 0) is 25.7 Å². The number of thioether (sulfide) groups is 1. The van der Waals surface area contributed by atoms with Crippen LogP contribution in [0.25, 0.3) is 0 Å². The van der Waals surface area contributed by atoms with Crippen molar-refractivity contribution in [2.24, 2.45) is 0 Å². The molecular formula is C30H33NO6S. The second kappa shape index (κ2) is 14.1. The highest BCUT2D eigenvalue weighted by Crippen LogP contribution is 2.39.